The van der Waals surface area contributed by atoms with Crippen molar-refractivity contribution in [1.29, 1.82) is 0 Å². The number of nitrogens with one attached hydrogen (secondary N) is 1. The minimum Gasteiger partial charge on any atom is -0.497 e. The maximum Gasteiger partial charge on any atom is 0.120 e. The normalized spacial score (nSPS) is 14.1. The monoisotopic (exact) mass is 259 g/mol. The molecule has 0 spiro atoms. The van der Waals surface area contributed by atoms with Gasteiger partial charge in [0.15, 0.2) is 0 Å². The lowest BCUT2D eigenvalue weighted by Crippen LogP contribution is -2.23. The minimum absolute atomic E-state index is 0.243. The van der Waals surface area contributed by atoms with Gasteiger partial charge in [-0.25, -0.2) is 0 Å². The highest BCUT2D eigenvalue weighted by molar-refractivity contribution is 5.29. The molecule has 0 aliphatic heterocycles. The molecule has 0 aliphatic carbocycles. The molecule has 1 heterocycles. The highest BCUT2D eigenvalue weighted by Gasteiger charge is 2.15. The Morgan fingerprint density at radius 2 is 1.95 bits per heavy atom. The van der Waals surface area contributed by atoms with E-state index in [-0.39, 0.29) is 12.1 Å². The van der Waals surface area contributed by atoms with E-state index in [2.05, 4.69) is 31.3 Å². The van der Waals surface area contributed by atoms with Crippen molar-refractivity contribution in [1.82, 2.24) is 5.32 Å². The molecule has 3 heteroatoms. The van der Waals surface area contributed by atoms with Crippen LogP contribution < -0.4 is 10.1 Å². The molecular weight excluding hydrogens is 238 g/mol. The number of methoxy groups -OCH3 is 1. The van der Waals surface area contributed by atoms with Crippen LogP contribution in [0.5, 0.6) is 5.75 Å². The first-order valence-corrected chi connectivity index (χ1v) is 6.68. The van der Waals surface area contributed by atoms with Crippen LogP contribution >= 0.6 is 0 Å². The van der Waals surface area contributed by atoms with Crippen LogP contribution in [0.15, 0.2) is 47.1 Å². The van der Waals surface area contributed by atoms with Gasteiger partial charge in [0, 0.05) is 6.04 Å². The summed E-state index contributed by atoms with van der Waals surface area (Å²) < 4.78 is 10.7. The molecule has 0 saturated carbocycles. The third-order valence-corrected chi connectivity index (χ3v) is 3.36. The average molecular weight is 259 g/mol. The second-order valence-electron chi connectivity index (χ2n) is 4.64. The van der Waals surface area contributed by atoms with E-state index < -0.39 is 0 Å². The van der Waals surface area contributed by atoms with Gasteiger partial charge in [-0.05, 0) is 43.2 Å². The average Bonchev–Trinajstić information content (AvgIpc) is 2.98. The quantitative estimate of drug-likeness (QED) is 0.848. The zero-order chi connectivity index (χ0) is 13.7. The summed E-state index contributed by atoms with van der Waals surface area (Å²) in [6, 6.07) is 12.6. The third-order valence-electron chi connectivity index (χ3n) is 3.36. The third kappa shape index (κ3) is 3.38. The molecule has 102 valence electrons. The number of furan rings is 1. The SMILES string of the molecule is CCC(N[C@H](C)c1ccc(OC)cc1)c1ccco1. The molecule has 1 aromatic carbocycles. The molecule has 0 fully saturated rings. The van der Waals surface area contributed by atoms with Crippen LogP contribution in [-0.2, 0) is 0 Å². The van der Waals surface area contributed by atoms with Gasteiger partial charge in [-0.2, -0.15) is 0 Å². The molecule has 0 saturated heterocycles. The lowest BCUT2D eigenvalue weighted by Gasteiger charge is -2.21. The highest BCUT2D eigenvalue weighted by Crippen LogP contribution is 2.23. The first-order valence-electron chi connectivity index (χ1n) is 6.68. The fourth-order valence-electron chi connectivity index (χ4n) is 2.18. The molecule has 1 unspecified atom stereocenters. The highest BCUT2D eigenvalue weighted by atomic mass is 16.5. The molecule has 2 aromatic rings. The summed E-state index contributed by atoms with van der Waals surface area (Å²) in [5.41, 5.74) is 1.24. The van der Waals surface area contributed by atoms with E-state index in [0.717, 1.165) is 17.9 Å². The fourth-order valence-corrected chi connectivity index (χ4v) is 2.18. The minimum atomic E-state index is 0.243. The zero-order valence-electron chi connectivity index (χ0n) is 11.7. The lowest BCUT2D eigenvalue weighted by molar-refractivity contribution is 0.376. The Balaban J connectivity index is 2.04. The van der Waals surface area contributed by atoms with Gasteiger partial charge in [-0.3, -0.25) is 0 Å². The van der Waals surface area contributed by atoms with Gasteiger partial charge in [0.1, 0.15) is 11.5 Å². The number of rotatable bonds is 6. The van der Waals surface area contributed by atoms with Crippen molar-refractivity contribution in [2.75, 3.05) is 7.11 Å². The van der Waals surface area contributed by atoms with Crippen molar-refractivity contribution in [3.05, 3.63) is 54.0 Å². The molecule has 1 N–H and O–H groups in total. The van der Waals surface area contributed by atoms with E-state index in [1.165, 1.54) is 5.56 Å². The Hall–Kier alpha value is -1.74. The largest absolute Gasteiger partial charge is 0.497 e. The van der Waals surface area contributed by atoms with Crippen LogP contribution in [0, 0.1) is 0 Å². The Morgan fingerprint density at radius 1 is 1.21 bits per heavy atom. The molecule has 3 nitrogen and oxygen atoms in total. The molecule has 0 amide bonds. The van der Waals surface area contributed by atoms with E-state index >= 15 is 0 Å². The van der Waals surface area contributed by atoms with Crippen LogP contribution in [0.25, 0.3) is 0 Å². The van der Waals surface area contributed by atoms with Crippen molar-refractivity contribution >= 4 is 0 Å². The van der Waals surface area contributed by atoms with E-state index in [9.17, 15) is 0 Å². The Bertz CT molecular complexity index is 476. The van der Waals surface area contributed by atoms with Crippen LogP contribution in [0.3, 0.4) is 0 Å². The lowest BCUT2D eigenvalue weighted by atomic mass is 10.1. The predicted octanol–water partition coefficient (Wildman–Crippen LogP) is 4.09. The second-order valence-corrected chi connectivity index (χ2v) is 4.64. The van der Waals surface area contributed by atoms with Crippen LogP contribution in [0.4, 0.5) is 0 Å². The van der Waals surface area contributed by atoms with Gasteiger partial charge in [0.2, 0.25) is 0 Å². The van der Waals surface area contributed by atoms with Crippen LogP contribution in [0.1, 0.15) is 43.7 Å². The summed E-state index contributed by atoms with van der Waals surface area (Å²) >= 11 is 0. The number of hydrogen-bond donors (Lipinski definition) is 1. The maximum absolute atomic E-state index is 5.48. The van der Waals surface area contributed by atoms with E-state index in [1.54, 1.807) is 13.4 Å². The topological polar surface area (TPSA) is 34.4 Å². The fraction of sp³-hybridized carbons (Fsp3) is 0.375. The van der Waals surface area contributed by atoms with Crippen molar-refractivity contribution in [2.45, 2.75) is 32.4 Å². The van der Waals surface area contributed by atoms with E-state index in [1.807, 2.05) is 24.3 Å². The smallest absolute Gasteiger partial charge is 0.120 e. The molecule has 2 rings (SSSR count). The maximum atomic E-state index is 5.48. The van der Waals surface area contributed by atoms with Gasteiger partial charge in [0.25, 0.3) is 0 Å². The van der Waals surface area contributed by atoms with Crippen LogP contribution in [0.2, 0.25) is 0 Å². The standard InChI is InChI=1S/C16H21NO2/c1-4-15(16-6-5-11-19-16)17-12(2)13-7-9-14(18-3)10-8-13/h5-12,15,17H,4H2,1-3H3/t12-,15?/m1/s1. The Morgan fingerprint density at radius 3 is 2.47 bits per heavy atom. The number of ether oxygens (including phenoxy) is 1. The van der Waals surface area contributed by atoms with E-state index in [0.29, 0.717) is 0 Å². The molecule has 2 atom stereocenters. The van der Waals surface area contributed by atoms with Crippen molar-refractivity contribution in [3.8, 4) is 5.75 Å². The van der Waals surface area contributed by atoms with Crippen LogP contribution in [-0.4, -0.2) is 7.11 Å². The molecule has 0 radical (unpaired) electrons. The summed E-state index contributed by atoms with van der Waals surface area (Å²) in [5.74, 6) is 1.87. The molecule has 19 heavy (non-hydrogen) atoms. The first-order chi connectivity index (χ1) is 9.24. The van der Waals surface area contributed by atoms with Gasteiger partial charge in [0.05, 0.1) is 19.4 Å². The predicted molar refractivity (Wildman–Crippen MR) is 76.3 cm³/mol. The summed E-state index contributed by atoms with van der Waals surface area (Å²) in [6.07, 6.45) is 2.71. The van der Waals surface area contributed by atoms with Crippen molar-refractivity contribution < 1.29 is 9.15 Å². The molecular formula is C16H21NO2. The molecule has 0 aliphatic rings. The van der Waals surface area contributed by atoms with Gasteiger partial charge < -0.3 is 14.5 Å². The molecule has 1 aromatic heterocycles. The summed E-state index contributed by atoms with van der Waals surface area (Å²) in [4.78, 5) is 0. The summed E-state index contributed by atoms with van der Waals surface area (Å²) in [5, 5.41) is 3.59. The van der Waals surface area contributed by atoms with Gasteiger partial charge in [-0.15, -0.1) is 0 Å². The van der Waals surface area contributed by atoms with Crippen molar-refractivity contribution in [2.24, 2.45) is 0 Å². The number of hydrogen-bond acceptors (Lipinski definition) is 3. The number of benzene rings is 1. The van der Waals surface area contributed by atoms with Gasteiger partial charge >= 0.3 is 0 Å². The second kappa shape index (κ2) is 6.43. The zero-order valence-corrected chi connectivity index (χ0v) is 11.7. The van der Waals surface area contributed by atoms with Gasteiger partial charge in [-0.1, -0.05) is 19.1 Å². The van der Waals surface area contributed by atoms with E-state index in [4.69, 9.17) is 9.15 Å². The molecule has 0 bridgehead atoms. The van der Waals surface area contributed by atoms with Crippen molar-refractivity contribution in [3.63, 3.8) is 0 Å². The Kier molecular flexibility index (Phi) is 4.63. The Labute approximate surface area is 114 Å². The summed E-state index contributed by atoms with van der Waals surface area (Å²) in [7, 11) is 1.68. The first kappa shape index (κ1) is 13.7. The summed E-state index contributed by atoms with van der Waals surface area (Å²) in [6.45, 7) is 4.31.